The Labute approximate surface area is 177 Å². The van der Waals surface area contributed by atoms with Gasteiger partial charge in [-0.2, -0.15) is 0 Å². The number of rotatable bonds is 6. The van der Waals surface area contributed by atoms with E-state index in [0.717, 1.165) is 12.8 Å². The molecule has 8 nitrogen and oxygen atoms in total. The van der Waals surface area contributed by atoms with Crippen LogP contribution < -0.4 is 5.32 Å². The number of Topliss-reactive ketones (excluding diaryl/α,β-unsaturated/α-hetero) is 1. The Kier molecular flexibility index (Phi) is 7.18. The molecule has 162 valence electrons. The molecule has 1 unspecified atom stereocenters. The second kappa shape index (κ2) is 9.82. The van der Waals surface area contributed by atoms with E-state index in [1.165, 1.54) is 19.3 Å². The molecule has 0 saturated carbocycles. The van der Waals surface area contributed by atoms with Gasteiger partial charge in [0.2, 0.25) is 11.8 Å². The molecule has 3 rings (SSSR count). The molecule has 1 aromatic rings. The Morgan fingerprint density at radius 3 is 2.33 bits per heavy atom. The van der Waals surface area contributed by atoms with Crippen LogP contribution in [0.1, 0.15) is 60.2 Å². The van der Waals surface area contributed by atoms with Gasteiger partial charge in [-0.15, -0.1) is 0 Å². The summed E-state index contributed by atoms with van der Waals surface area (Å²) in [6.45, 7) is 6.23. The quantitative estimate of drug-likeness (QED) is 0.712. The summed E-state index contributed by atoms with van der Waals surface area (Å²) in [7, 11) is 0. The standard InChI is InChI=1S/C22H30N4O4/c1-15(27)19-11-20(13-23-12-19)22(30)26-8-4-17(14-26)3-7-24-21(29)18-5-9-25(10-6-18)16(2)28/h11-13,17-18H,3-10,14H2,1-2H3,(H,24,29). The minimum absolute atomic E-state index is 0.0247. The van der Waals surface area contributed by atoms with E-state index in [0.29, 0.717) is 62.6 Å². The topological polar surface area (TPSA) is 99.7 Å². The van der Waals surface area contributed by atoms with E-state index >= 15 is 0 Å². The molecule has 30 heavy (non-hydrogen) atoms. The number of nitrogens with zero attached hydrogens (tertiary/aromatic N) is 3. The van der Waals surface area contributed by atoms with E-state index in [2.05, 4.69) is 10.3 Å². The van der Waals surface area contributed by atoms with Crippen LogP contribution >= 0.6 is 0 Å². The number of aromatic nitrogens is 1. The molecule has 0 aromatic carbocycles. The van der Waals surface area contributed by atoms with Crippen LogP contribution in [0.5, 0.6) is 0 Å². The summed E-state index contributed by atoms with van der Waals surface area (Å²) < 4.78 is 0. The Bertz CT molecular complexity index is 817. The highest BCUT2D eigenvalue weighted by molar-refractivity contribution is 5.99. The molecule has 8 heteroatoms. The lowest BCUT2D eigenvalue weighted by Gasteiger charge is -2.30. The summed E-state index contributed by atoms with van der Waals surface area (Å²) in [5, 5.41) is 3.03. The van der Waals surface area contributed by atoms with Crippen molar-refractivity contribution in [1.29, 1.82) is 0 Å². The highest BCUT2D eigenvalue weighted by Crippen LogP contribution is 2.22. The van der Waals surface area contributed by atoms with Gasteiger partial charge in [0.1, 0.15) is 0 Å². The predicted molar refractivity (Wildman–Crippen MR) is 111 cm³/mol. The third-order valence-electron chi connectivity index (χ3n) is 6.13. The number of piperidine rings is 1. The molecule has 0 aliphatic carbocycles. The SMILES string of the molecule is CC(=O)c1cncc(C(=O)N2CCC(CCNC(=O)C3CCN(C(C)=O)CC3)C2)c1. The van der Waals surface area contributed by atoms with E-state index in [-0.39, 0.29) is 29.4 Å². The summed E-state index contributed by atoms with van der Waals surface area (Å²) in [5.74, 6) is 0.240. The highest BCUT2D eigenvalue weighted by Gasteiger charge is 2.28. The third-order valence-corrected chi connectivity index (χ3v) is 6.13. The molecular weight excluding hydrogens is 384 g/mol. The van der Waals surface area contributed by atoms with Gasteiger partial charge in [-0.3, -0.25) is 24.2 Å². The van der Waals surface area contributed by atoms with Gasteiger partial charge in [-0.25, -0.2) is 0 Å². The average Bonchev–Trinajstić information content (AvgIpc) is 3.22. The van der Waals surface area contributed by atoms with Gasteiger partial charge in [0.05, 0.1) is 5.56 Å². The lowest BCUT2D eigenvalue weighted by atomic mass is 9.95. The Balaban J connectivity index is 1.40. The van der Waals surface area contributed by atoms with Crippen molar-refractivity contribution in [2.75, 3.05) is 32.7 Å². The van der Waals surface area contributed by atoms with Crippen LogP contribution in [0.15, 0.2) is 18.5 Å². The van der Waals surface area contributed by atoms with Crippen molar-refractivity contribution in [3.05, 3.63) is 29.6 Å². The maximum atomic E-state index is 12.7. The van der Waals surface area contributed by atoms with E-state index < -0.39 is 0 Å². The minimum atomic E-state index is -0.112. The van der Waals surface area contributed by atoms with Crippen LogP contribution in [0.2, 0.25) is 0 Å². The summed E-state index contributed by atoms with van der Waals surface area (Å²) in [4.78, 5) is 55.6. The molecule has 0 bridgehead atoms. The van der Waals surface area contributed by atoms with Crippen molar-refractivity contribution in [1.82, 2.24) is 20.1 Å². The summed E-state index contributed by atoms with van der Waals surface area (Å²) >= 11 is 0. The first-order chi connectivity index (χ1) is 14.3. The maximum Gasteiger partial charge on any atom is 0.255 e. The maximum absolute atomic E-state index is 12.7. The first-order valence-corrected chi connectivity index (χ1v) is 10.6. The van der Waals surface area contributed by atoms with Crippen LogP contribution in [0.3, 0.4) is 0 Å². The number of hydrogen-bond acceptors (Lipinski definition) is 5. The average molecular weight is 415 g/mol. The van der Waals surface area contributed by atoms with Gasteiger partial charge in [0.25, 0.3) is 5.91 Å². The molecule has 1 N–H and O–H groups in total. The third kappa shape index (κ3) is 5.43. The van der Waals surface area contributed by atoms with Crippen molar-refractivity contribution in [3.63, 3.8) is 0 Å². The largest absolute Gasteiger partial charge is 0.356 e. The highest BCUT2D eigenvalue weighted by atomic mass is 16.2. The Morgan fingerprint density at radius 1 is 1.00 bits per heavy atom. The van der Waals surface area contributed by atoms with Crippen molar-refractivity contribution < 1.29 is 19.2 Å². The second-order valence-electron chi connectivity index (χ2n) is 8.28. The molecule has 3 amide bonds. The zero-order valence-corrected chi connectivity index (χ0v) is 17.7. The molecular formula is C22H30N4O4. The van der Waals surface area contributed by atoms with Gasteiger partial charge in [0, 0.05) is 63.5 Å². The fourth-order valence-electron chi connectivity index (χ4n) is 4.19. The fraction of sp³-hybridized carbons (Fsp3) is 0.591. The van der Waals surface area contributed by atoms with Gasteiger partial charge in [-0.05, 0) is 44.6 Å². The number of pyridine rings is 1. The van der Waals surface area contributed by atoms with E-state index in [1.54, 1.807) is 22.8 Å². The molecule has 2 aliphatic rings. The van der Waals surface area contributed by atoms with E-state index in [9.17, 15) is 19.2 Å². The second-order valence-corrected chi connectivity index (χ2v) is 8.28. The number of carbonyl (C=O) groups excluding carboxylic acids is 4. The van der Waals surface area contributed by atoms with Crippen LogP contribution in [0.25, 0.3) is 0 Å². The molecule has 3 heterocycles. The van der Waals surface area contributed by atoms with Gasteiger partial charge >= 0.3 is 0 Å². The summed E-state index contributed by atoms with van der Waals surface area (Å²) in [6.07, 6.45) is 6.12. The lowest BCUT2D eigenvalue weighted by molar-refractivity contribution is -0.133. The first kappa shape index (κ1) is 21.9. The van der Waals surface area contributed by atoms with Crippen LogP contribution in [-0.2, 0) is 9.59 Å². The number of hydrogen-bond donors (Lipinski definition) is 1. The zero-order chi connectivity index (χ0) is 21.7. The normalized spacial score (nSPS) is 19.6. The predicted octanol–water partition coefficient (Wildman–Crippen LogP) is 1.51. The molecule has 1 aromatic heterocycles. The van der Waals surface area contributed by atoms with Gasteiger partial charge in [0.15, 0.2) is 5.78 Å². The molecule has 0 spiro atoms. The van der Waals surface area contributed by atoms with E-state index in [1.807, 2.05) is 0 Å². The number of ketones is 1. The number of likely N-dealkylation sites (tertiary alicyclic amines) is 2. The van der Waals surface area contributed by atoms with Gasteiger partial charge in [-0.1, -0.05) is 0 Å². The molecule has 2 aliphatic heterocycles. The molecule has 0 radical (unpaired) electrons. The lowest BCUT2D eigenvalue weighted by Crippen LogP contribution is -2.42. The molecule has 1 atom stereocenters. The van der Waals surface area contributed by atoms with Gasteiger partial charge < -0.3 is 15.1 Å². The smallest absolute Gasteiger partial charge is 0.255 e. The van der Waals surface area contributed by atoms with Crippen molar-refractivity contribution in [2.24, 2.45) is 11.8 Å². The van der Waals surface area contributed by atoms with Crippen molar-refractivity contribution in [3.8, 4) is 0 Å². The molecule has 2 saturated heterocycles. The minimum Gasteiger partial charge on any atom is -0.356 e. The first-order valence-electron chi connectivity index (χ1n) is 10.6. The summed E-state index contributed by atoms with van der Waals surface area (Å²) in [6, 6.07) is 1.60. The number of nitrogens with one attached hydrogen (secondary N) is 1. The zero-order valence-electron chi connectivity index (χ0n) is 17.7. The van der Waals surface area contributed by atoms with Crippen LogP contribution in [0.4, 0.5) is 0 Å². The fourth-order valence-corrected chi connectivity index (χ4v) is 4.19. The Morgan fingerprint density at radius 2 is 1.67 bits per heavy atom. The van der Waals surface area contributed by atoms with E-state index in [4.69, 9.17) is 0 Å². The van der Waals surface area contributed by atoms with Crippen LogP contribution in [-0.4, -0.2) is 71.0 Å². The summed E-state index contributed by atoms with van der Waals surface area (Å²) in [5.41, 5.74) is 0.877. The van der Waals surface area contributed by atoms with Crippen molar-refractivity contribution in [2.45, 2.75) is 39.5 Å². The monoisotopic (exact) mass is 414 g/mol. The molecule has 2 fully saturated rings. The number of carbonyl (C=O) groups is 4. The number of amides is 3. The van der Waals surface area contributed by atoms with Crippen molar-refractivity contribution >= 4 is 23.5 Å². The van der Waals surface area contributed by atoms with Crippen LogP contribution in [0, 0.1) is 11.8 Å². The Hall–Kier alpha value is -2.77.